The zero-order chi connectivity index (χ0) is 13.7. The molecule has 0 aromatic heterocycles. The summed E-state index contributed by atoms with van der Waals surface area (Å²) < 4.78 is 5.34. The number of amides is 1. The summed E-state index contributed by atoms with van der Waals surface area (Å²) in [6, 6.07) is 1.11. The second kappa shape index (κ2) is 7.25. The fourth-order valence-electron chi connectivity index (χ4n) is 3.37. The summed E-state index contributed by atoms with van der Waals surface area (Å²) in [6.45, 7) is 4.70. The molecule has 0 spiro atoms. The second-order valence-corrected chi connectivity index (χ2v) is 5.90. The lowest BCUT2D eigenvalue weighted by Gasteiger charge is -2.37. The Morgan fingerprint density at radius 2 is 1.79 bits per heavy atom. The topological polar surface area (TPSA) is 41.6 Å². The molecule has 19 heavy (non-hydrogen) atoms. The van der Waals surface area contributed by atoms with Gasteiger partial charge in [-0.2, -0.15) is 0 Å². The molecule has 1 N–H and O–H groups in total. The van der Waals surface area contributed by atoms with Gasteiger partial charge in [-0.1, -0.05) is 6.92 Å². The molecule has 1 saturated heterocycles. The van der Waals surface area contributed by atoms with Gasteiger partial charge in [-0.15, -0.1) is 0 Å². The summed E-state index contributed by atoms with van der Waals surface area (Å²) >= 11 is 0. The van der Waals surface area contributed by atoms with E-state index in [0.717, 1.165) is 45.4 Å². The lowest BCUT2D eigenvalue weighted by atomic mass is 9.89. The minimum atomic E-state index is 0.199. The van der Waals surface area contributed by atoms with Crippen molar-refractivity contribution in [3.8, 4) is 0 Å². The summed E-state index contributed by atoms with van der Waals surface area (Å²) in [5, 5.41) is 3.52. The van der Waals surface area contributed by atoms with Gasteiger partial charge in [-0.3, -0.25) is 4.79 Å². The van der Waals surface area contributed by atoms with Crippen molar-refractivity contribution in [1.29, 1.82) is 0 Å². The molecule has 2 fully saturated rings. The molecule has 0 aromatic carbocycles. The quantitative estimate of drug-likeness (QED) is 0.845. The molecule has 2 rings (SSSR count). The molecule has 1 saturated carbocycles. The first-order valence-electron chi connectivity index (χ1n) is 7.80. The maximum atomic E-state index is 12.5. The summed E-state index contributed by atoms with van der Waals surface area (Å²) in [7, 11) is 2.00. The Morgan fingerprint density at radius 1 is 1.16 bits per heavy atom. The highest BCUT2D eigenvalue weighted by Crippen LogP contribution is 2.25. The van der Waals surface area contributed by atoms with Crippen LogP contribution in [-0.4, -0.2) is 49.7 Å². The molecule has 1 aliphatic carbocycles. The van der Waals surface area contributed by atoms with Crippen LogP contribution in [0.3, 0.4) is 0 Å². The number of carbonyl (C=O) groups excluding carboxylic acids is 1. The van der Waals surface area contributed by atoms with Crippen LogP contribution in [0.15, 0.2) is 0 Å². The zero-order valence-corrected chi connectivity index (χ0v) is 12.4. The zero-order valence-electron chi connectivity index (χ0n) is 12.4. The summed E-state index contributed by atoms with van der Waals surface area (Å²) in [6.07, 6.45) is 6.48. The molecular formula is C15H28N2O2. The third-order valence-corrected chi connectivity index (χ3v) is 4.66. The van der Waals surface area contributed by atoms with Crippen LogP contribution in [0.25, 0.3) is 0 Å². The van der Waals surface area contributed by atoms with Crippen molar-refractivity contribution in [3.63, 3.8) is 0 Å². The van der Waals surface area contributed by atoms with Crippen LogP contribution in [0.2, 0.25) is 0 Å². The third kappa shape index (κ3) is 3.93. The Balaban J connectivity index is 1.79. The smallest absolute Gasteiger partial charge is 0.225 e. The first kappa shape index (κ1) is 14.8. The van der Waals surface area contributed by atoms with Gasteiger partial charge in [0.1, 0.15) is 0 Å². The molecule has 4 heteroatoms. The van der Waals surface area contributed by atoms with E-state index < -0.39 is 0 Å². The molecule has 0 aromatic rings. The van der Waals surface area contributed by atoms with E-state index in [9.17, 15) is 4.79 Å². The van der Waals surface area contributed by atoms with E-state index in [0.29, 0.717) is 18.0 Å². The number of rotatable bonds is 4. The Labute approximate surface area is 116 Å². The molecule has 1 heterocycles. The number of nitrogens with one attached hydrogen (secondary N) is 1. The van der Waals surface area contributed by atoms with Gasteiger partial charge in [0.15, 0.2) is 0 Å². The number of hydrogen-bond acceptors (Lipinski definition) is 3. The number of nitrogens with zero attached hydrogens (tertiary/aromatic N) is 1. The highest BCUT2D eigenvalue weighted by atomic mass is 16.5. The van der Waals surface area contributed by atoms with Gasteiger partial charge in [-0.05, 0) is 45.1 Å². The van der Waals surface area contributed by atoms with E-state index in [4.69, 9.17) is 4.74 Å². The number of ether oxygens (including phenoxy) is 1. The number of hydrogen-bond donors (Lipinski definition) is 1. The molecular weight excluding hydrogens is 240 g/mol. The van der Waals surface area contributed by atoms with Crippen LogP contribution < -0.4 is 5.32 Å². The Hall–Kier alpha value is -0.610. The molecule has 110 valence electrons. The van der Waals surface area contributed by atoms with Crippen LogP contribution in [0.1, 0.15) is 45.4 Å². The Bertz CT molecular complexity index is 282. The third-order valence-electron chi connectivity index (χ3n) is 4.66. The van der Waals surface area contributed by atoms with E-state index in [-0.39, 0.29) is 5.92 Å². The average Bonchev–Trinajstić information content (AvgIpc) is 2.48. The van der Waals surface area contributed by atoms with E-state index in [1.54, 1.807) is 0 Å². The van der Waals surface area contributed by atoms with E-state index in [1.807, 2.05) is 11.9 Å². The van der Waals surface area contributed by atoms with Crippen molar-refractivity contribution in [1.82, 2.24) is 10.2 Å². The standard InChI is InChI=1S/C15H28N2O2/c1-3-16-13-4-6-14(7-5-13)17(2)15(18)12-8-10-19-11-9-12/h12-14,16H,3-11H2,1-2H3. The second-order valence-electron chi connectivity index (χ2n) is 5.90. The summed E-state index contributed by atoms with van der Waals surface area (Å²) in [4.78, 5) is 14.5. The fourth-order valence-corrected chi connectivity index (χ4v) is 3.37. The summed E-state index contributed by atoms with van der Waals surface area (Å²) in [5.41, 5.74) is 0. The van der Waals surface area contributed by atoms with Gasteiger partial charge in [0.05, 0.1) is 0 Å². The lowest BCUT2D eigenvalue weighted by molar-refractivity contribution is -0.140. The number of carbonyl (C=O) groups is 1. The first-order valence-corrected chi connectivity index (χ1v) is 7.80. The molecule has 4 nitrogen and oxygen atoms in total. The predicted molar refractivity (Wildman–Crippen MR) is 76.0 cm³/mol. The molecule has 0 bridgehead atoms. The minimum Gasteiger partial charge on any atom is -0.381 e. The fraction of sp³-hybridized carbons (Fsp3) is 0.933. The molecule has 2 aliphatic rings. The van der Waals surface area contributed by atoms with Crippen LogP contribution in [-0.2, 0) is 9.53 Å². The largest absolute Gasteiger partial charge is 0.381 e. The Morgan fingerprint density at radius 3 is 2.37 bits per heavy atom. The minimum absolute atomic E-state index is 0.199. The van der Waals surface area contributed by atoms with Crippen molar-refractivity contribution < 1.29 is 9.53 Å². The van der Waals surface area contributed by atoms with Crippen molar-refractivity contribution >= 4 is 5.91 Å². The predicted octanol–water partition coefficient (Wildman–Crippen LogP) is 1.79. The summed E-state index contributed by atoms with van der Waals surface area (Å²) in [5.74, 6) is 0.542. The van der Waals surface area contributed by atoms with Crippen LogP contribution >= 0.6 is 0 Å². The van der Waals surface area contributed by atoms with E-state index in [2.05, 4.69) is 12.2 Å². The van der Waals surface area contributed by atoms with Gasteiger partial charge in [0, 0.05) is 38.3 Å². The van der Waals surface area contributed by atoms with Gasteiger partial charge >= 0.3 is 0 Å². The van der Waals surface area contributed by atoms with Gasteiger partial charge < -0.3 is 15.0 Å². The normalized spacial score (nSPS) is 29.2. The molecule has 0 atom stereocenters. The van der Waals surface area contributed by atoms with Crippen molar-refractivity contribution in [2.45, 2.75) is 57.5 Å². The maximum Gasteiger partial charge on any atom is 0.225 e. The van der Waals surface area contributed by atoms with Crippen LogP contribution in [0.5, 0.6) is 0 Å². The van der Waals surface area contributed by atoms with Crippen molar-refractivity contribution in [3.05, 3.63) is 0 Å². The molecule has 1 amide bonds. The monoisotopic (exact) mass is 268 g/mol. The molecule has 0 radical (unpaired) electrons. The molecule has 0 unspecified atom stereocenters. The SMILES string of the molecule is CCNC1CCC(N(C)C(=O)C2CCOCC2)CC1. The van der Waals surface area contributed by atoms with Gasteiger partial charge in [0.2, 0.25) is 5.91 Å². The van der Waals surface area contributed by atoms with Crippen LogP contribution in [0.4, 0.5) is 0 Å². The average molecular weight is 268 g/mol. The van der Waals surface area contributed by atoms with Crippen molar-refractivity contribution in [2.24, 2.45) is 5.92 Å². The maximum absolute atomic E-state index is 12.5. The molecule has 1 aliphatic heterocycles. The van der Waals surface area contributed by atoms with E-state index >= 15 is 0 Å². The van der Waals surface area contributed by atoms with Crippen molar-refractivity contribution in [2.75, 3.05) is 26.8 Å². The Kier molecular flexibility index (Phi) is 5.64. The van der Waals surface area contributed by atoms with Gasteiger partial charge in [-0.25, -0.2) is 0 Å². The van der Waals surface area contributed by atoms with E-state index in [1.165, 1.54) is 12.8 Å². The first-order chi connectivity index (χ1) is 9.22. The highest BCUT2D eigenvalue weighted by Gasteiger charge is 2.30. The highest BCUT2D eigenvalue weighted by molar-refractivity contribution is 5.79. The lowest BCUT2D eigenvalue weighted by Crippen LogP contribution is -2.46. The van der Waals surface area contributed by atoms with Crippen LogP contribution in [0, 0.1) is 5.92 Å². The van der Waals surface area contributed by atoms with Gasteiger partial charge in [0.25, 0.3) is 0 Å².